The number of benzene rings is 10. The van der Waals surface area contributed by atoms with Crippen LogP contribution in [0.4, 0.5) is 0 Å². The number of fused-ring (bicyclic) bond motifs is 5. The fourth-order valence-electron chi connectivity index (χ4n) is 16.8. The molecular weight excluding hydrogens is 1860 g/mol. The molecule has 0 atom stereocenters. The van der Waals surface area contributed by atoms with E-state index in [-0.39, 0.29) is 130 Å². The predicted molar refractivity (Wildman–Crippen MR) is 560 cm³/mol. The van der Waals surface area contributed by atoms with Crippen molar-refractivity contribution in [1.82, 2.24) is 23.3 Å². The van der Waals surface area contributed by atoms with Crippen molar-refractivity contribution in [3.63, 3.8) is 0 Å². The Morgan fingerprint density at radius 2 is 0.685 bits per heavy atom. The number of nitriles is 5. The Hall–Kier alpha value is -14.5. The van der Waals surface area contributed by atoms with Crippen molar-refractivity contribution in [3.8, 4) is 86.0 Å². The second-order valence-electron chi connectivity index (χ2n) is 36.0. The molecule has 0 spiro atoms. The zero-order valence-electron chi connectivity index (χ0n) is 82.7. The van der Waals surface area contributed by atoms with Gasteiger partial charge >= 0.3 is 53.4 Å². The summed E-state index contributed by atoms with van der Waals surface area (Å²) in [5, 5.41) is 79.7. The van der Waals surface area contributed by atoms with Gasteiger partial charge in [0.25, 0.3) is 0 Å². The standard InChI is InChI=1S/C25H26N2O4.C23H24N2O3.C23H22N2O3.C22H22N2O4.C16H10N2O.C4H6O3.3CH4.B.Na.H/c1-17(28)29-14-19-7-8-22-23(21-6-4-5-18(9-21)11-26)13-27(24(22)10-19)12-20-15-30-25(2,3)31-16-20;2*1-23(2)27-14-18(15-28-23)11-25-12-21(19-5-3-4-16(8-19)10-24)20-7-6-17(13-26)9-22(20)25;1-15(27)28-14-17-5-6-20-21(19-4-2-3-16(7-19)9-23)11-24(22(20)8-17)10-18(12-25)13-26;17-8-11-2-1-3-13(6-11)15-9-18-16-7-12(10-19)4-5-14(15)16;1-3(5)7-4(2)6;;;;;;/h4-10,13,20H,12,14-16H2,1-3H3;3-9,12,18,26H,11,13-15H2,1-2H3;3-9,12-13,18H,11,14-15H2,1-2H3;2-8,11,18,25-26H,10,12-14H2,1H3;1-7,9-10,18H;1-2H3;3*1H4;;;/q;;;;;;;;;;+1;-1. The van der Waals surface area contributed by atoms with Gasteiger partial charge in [0.1, 0.15) is 25.8 Å². The molecule has 0 aliphatic carbocycles. The van der Waals surface area contributed by atoms with Gasteiger partial charge in [0.15, 0.2) is 17.4 Å². The van der Waals surface area contributed by atoms with E-state index in [9.17, 15) is 65.1 Å². The summed E-state index contributed by atoms with van der Waals surface area (Å²) in [5.41, 5.74) is 22.0. The fraction of sp³-hybridized carbons (Fsp3) is 0.302. The molecule has 15 aromatic rings. The van der Waals surface area contributed by atoms with Crippen molar-refractivity contribution in [2.75, 3.05) is 52.9 Å². The first-order chi connectivity index (χ1) is 67.8. The second-order valence-corrected chi connectivity index (χ2v) is 36.0. The van der Waals surface area contributed by atoms with Gasteiger partial charge in [0, 0.05) is 224 Å². The molecule has 0 bridgehead atoms. The van der Waals surface area contributed by atoms with Crippen LogP contribution in [0.5, 0.6) is 0 Å². The Morgan fingerprint density at radius 3 is 0.986 bits per heavy atom. The molecule has 0 amide bonds. The van der Waals surface area contributed by atoms with E-state index < -0.39 is 29.3 Å². The molecule has 0 unspecified atom stereocenters. The summed E-state index contributed by atoms with van der Waals surface area (Å²) >= 11 is 0. The Balaban J connectivity index is 0.000000243. The summed E-state index contributed by atoms with van der Waals surface area (Å²) in [6.07, 6.45) is 11.9. The number of ether oxygens (including phenoxy) is 9. The number of aliphatic hydroxyl groups excluding tert-OH is 3. The summed E-state index contributed by atoms with van der Waals surface area (Å²) in [6, 6.07) is 77.8. The molecule has 28 nitrogen and oxygen atoms in total. The summed E-state index contributed by atoms with van der Waals surface area (Å²) in [4.78, 5) is 67.2. The first kappa shape index (κ1) is 117. The van der Waals surface area contributed by atoms with E-state index in [2.05, 4.69) is 84.5 Å². The summed E-state index contributed by atoms with van der Waals surface area (Å²) < 4.78 is 57.7. The Labute approximate surface area is 877 Å². The molecule has 8 heterocycles. The third-order valence-electron chi connectivity index (χ3n) is 23.9. The number of carbonyl (C=O) groups excluding carboxylic acids is 6. The molecule has 3 aliphatic heterocycles. The number of hydrogen-bond acceptors (Lipinski definition) is 23. The Bertz CT molecular complexity index is 7300. The van der Waals surface area contributed by atoms with Crippen molar-refractivity contribution in [2.24, 2.45) is 23.7 Å². The maximum absolute atomic E-state index is 11.3. The van der Waals surface area contributed by atoms with Crippen molar-refractivity contribution in [2.45, 2.75) is 155 Å². The smallest absolute Gasteiger partial charge is 1.00 e. The SMILES string of the molecule is C.C.C.CC(=O)OC(C)=O.CC(=O)OCc1ccc2c(-c3cccc(C#N)c3)cn(CC(CO)CO)c2c1.CC(=O)OCc1ccc2c(-c3cccc(C#N)c3)cn(CC3COC(C)(C)OC3)c2c1.CC1(C)OCC(Cn2cc(-c3cccc(C#N)c3)c3ccc(C=O)cc32)CO1.CC1(C)OCC(Cn2cc(-c3cccc(C#N)c3)c3ccc(CO)cc32)CO1.N#Cc1cccc(-c2c[nH]c3cc(C=O)ccc23)c1.[B].[H-].[Na+]. The van der Waals surface area contributed by atoms with Crippen LogP contribution in [0, 0.1) is 80.3 Å². The summed E-state index contributed by atoms with van der Waals surface area (Å²) in [6.45, 7) is 23.3. The molecule has 0 saturated carbocycles. The van der Waals surface area contributed by atoms with E-state index in [0.29, 0.717) is 85.1 Å². The van der Waals surface area contributed by atoms with Crippen LogP contribution in [0.25, 0.3) is 110 Å². The van der Waals surface area contributed by atoms with Gasteiger partial charge in [-0.15, -0.1) is 0 Å². The summed E-state index contributed by atoms with van der Waals surface area (Å²) in [5.74, 6) is -2.97. The van der Waals surface area contributed by atoms with E-state index in [0.717, 1.165) is 159 Å². The molecule has 4 N–H and O–H groups in total. The van der Waals surface area contributed by atoms with Crippen molar-refractivity contribution >= 4 is 99.4 Å². The van der Waals surface area contributed by atoms with Gasteiger partial charge in [-0.1, -0.05) is 144 Å². The zero-order chi connectivity index (χ0) is 101. The van der Waals surface area contributed by atoms with Crippen LogP contribution in [0.1, 0.15) is 158 Å². The minimum atomic E-state index is -0.562. The minimum Gasteiger partial charge on any atom is -1.00 e. The Morgan fingerprint density at radius 1 is 0.397 bits per heavy atom. The molecule has 3 saturated heterocycles. The van der Waals surface area contributed by atoms with Gasteiger partial charge in [-0.3, -0.25) is 28.8 Å². The van der Waals surface area contributed by atoms with Crippen molar-refractivity contribution < 1.29 is 118 Å². The number of nitrogens with zero attached hydrogens (tertiary/aromatic N) is 9. The predicted octanol–water partition coefficient (Wildman–Crippen LogP) is 18.2. The first-order valence-electron chi connectivity index (χ1n) is 46.0. The van der Waals surface area contributed by atoms with Crippen LogP contribution in [0.15, 0.2) is 243 Å². The van der Waals surface area contributed by atoms with Crippen molar-refractivity contribution in [1.29, 1.82) is 26.3 Å². The molecule has 18 rings (SSSR count). The number of aromatic amines is 1. The van der Waals surface area contributed by atoms with Gasteiger partial charge in [0.05, 0.1) is 104 Å². The molecule has 3 aliphatic rings. The van der Waals surface area contributed by atoms with E-state index in [1.165, 1.54) is 27.7 Å². The maximum Gasteiger partial charge on any atom is 1.00 e. The zero-order valence-corrected chi connectivity index (χ0v) is 83.7. The normalized spacial score (nSPS) is 13.7. The van der Waals surface area contributed by atoms with E-state index >= 15 is 0 Å². The summed E-state index contributed by atoms with van der Waals surface area (Å²) in [7, 11) is 0. The molecule has 749 valence electrons. The average Bonchev–Trinajstić information content (AvgIpc) is 1.63. The number of nitrogens with one attached hydrogen (secondary N) is 1. The number of esters is 4. The van der Waals surface area contributed by atoms with Crippen molar-refractivity contribution in [3.05, 3.63) is 299 Å². The molecule has 146 heavy (non-hydrogen) atoms. The second kappa shape index (κ2) is 53.9. The number of aromatic nitrogens is 5. The Kier molecular flexibility index (Phi) is 43.1. The molecular formula is C116H123BN10NaO18. The molecule has 3 radical (unpaired) electrons. The fourth-order valence-corrected chi connectivity index (χ4v) is 16.8. The van der Waals surface area contributed by atoms with E-state index in [1.807, 2.05) is 228 Å². The number of carbonyl (C=O) groups is 6. The minimum absolute atomic E-state index is 0. The van der Waals surface area contributed by atoms with Crippen LogP contribution in [-0.2, 0) is 108 Å². The van der Waals surface area contributed by atoms with Gasteiger partial charge in [-0.25, -0.2) is 0 Å². The molecule has 5 aromatic heterocycles. The third kappa shape index (κ3) is 30.8. The van der Waals surface area contributed by atoms with E-state index in [1.54, 1.807) is 30.3 Å². The number of H-pyrrole nitrogens is 1. The van der Waals surface area contributed by atoms with Crippen LogP contribution in [-0.4, -0.2) is 154 Å². The number of aliphatic hydroxyl groups is 3. The maximum atomic E-state index is 11.3. The van der Waals surface area contributed by atoms with Gasteiger partial charge < -0.3 is 82.6 Å². The molecule has 10 aromatic carbocycles. The monoisotopic (exact) mass is 1980 g/mol. The van der Waals surface area contributed by atoms with Gasteiger partial charge in [-0.2, -0.15) is 26.3 Å². The average molecular weight is 1980 g/mol. The topological polar surface area (TPSA) is 401 Å². The number of rotatable bonds is 22. The van der Waals surface area contributed by atoms with Crippen LogP contribution in [0.2, 0.25) is 0 Å². The number of hydrogen-bond donors (Lipinski definition) is 4. The first-order valence-corrected chi connectivity index (χ1v) is 46.0. The van der Waals surface area contributed by atoms with Gasteiger partial charge in [-0.05, 0) is 177 Å². The third-order valence-corrected chi connectivity index (χ3v) is 23.9. The van der Waals surface area contributed by atoms with Crippen LogP contribution < -0.4 is 29.6 Å². The number of aldehydes is 2. The van der Waals surface area contributed by atoms with Crippen LogP contribution in [0.3, 0.4) is 0 Å². The van der Waals surface area contributed by atoms with Gasteiger partial charge in [0.2, 0.25) is 0 Å². The van der Waals surface area contributed by atoms with Crippen LogP contribution >= 0.6 is 0 Å². The molecule has 30 heteroatoms. The van der Waals surface area contributed by atoms with E-state index in [4.69, 9.17) is 43.2 Å². The quantitative estimate of drug-likeness (QED) is 0.0161. The molecule has 3 fully saturated rings. The largest absolute Gasteiger partial charge is 1.00 e.